The number of nitrogens with one attached hydrogen (secondary N) is 1. The number of benzene rings is 1. The number of hydrogen-bond acceptors (Lipinski definition) is 3. The first kappa shape index (κ1) is 14.0. The molecule has 1 aliphatic rings. The van der Waals surface area contributed by atoms with Crippen molar-refractivity contribution in [2.75, 3.05) is 6.54 Å². The fraction of sp³-hybridized carbons (Fsp3) is 0.533. The van der Waals surface area contributed by atoms with E-state index in [1.807, 2.05) is 30.3 Å². The molecule has 0 spiro atoms. The zero-order chi connectivity index (χ0) is 13.7. The highest BCUT2D eigenvalue weighted by Crippen LogP contribution is 2.26. The van der Waals surface area contributed by atoms with Crippen LogP contribution in [0.15, 0.2) is 30.3 Å². The van der Waals surface area contributed by atoms with Crippen LogP contribution in [-0.4, -0.2) is 29.2 Å². The van der Waals surface area contributed by atoms with Crippen LogP contribution in [0.25, 0.3) is 0 Å². The predicted molar refractivity (Wildman–Crippen MR) is 75.0 cm³/mol. The molecule has 1 aromatic rings. The quantitative estimate of drug-likeness (QED) is 0.727. The Balaban J connectivity index is 1.91. The van der Waals surface area contributed by atoms with Gasteiger partial charge < -0.3 is 16.2 Å². The number of rotatable bonds is 6. The summed E-state index contributed by atoms with van der Waals surface area (Å²) in [5.74, 6) is -0.814. The topological polar surface area (TPSA) is 75.3 Å². The van der Waals surface area contributed by atoms with Crippen molar-refractivity contribution in [3.8, 4) is 0 Å². The average Bonchev–Trinajstić information content (AvgIpc) is 2.83. The molecule has 0 heterocycles. The smallest absolute Gasteiger partial charge is 0.321 e. The van der Waals surface area contributed by atoms with Gasteiger partial charge in [0, 0.05) is 12.1 Å². The first-order valence-corrected chi connectivity index (χ1v) is 6.88. The third-order valence-corrected chi connectivity index (χ3v) is 3.88. The molecule has 19 heavy (non-hydrogen) atoms. The second-order valence-electron chi connectivity index (χ2n) is 5.53. The fourth-order valence-corrected chi connectivity index (χ4v) is 2.68. The summed E-state index contributed by atoms with van der Waals surface area (Å²) in [4.78, 5) is 11.3. The number of carboxylic acid groups (broad SMARTS) is 1. The second kappa shape index (κ2) is 6.17. The van der Waals surface area contributed by atoms with Crippen molar-refractivity contribution >= 4 is 5.97 Å². The fourth-order valence-electron chi connectivity index (χ4n) is 2.68. The maximum absolute atomic E-state index is 11.3. The Bertz CT molecular complexity index is 413. The summed E-state index contributed by atoms with van der Waals surface area (Å²) in [6, 6.07) is 9.12. The van der Waals surface area contributed by atoms with Gasteiger partial charge in [-0.2, -0.15) is 0 Å². The summed E-state index contributed by atoms with van der Waals surface area (Å²) in [5, 5.41) is 12.4. The second-order valence-corrected chi connectivity index (χ2v) is 5.53. The van der Waals surface area contributed by atoms with Gasteiger partial charge in [0.25, 0.3) is 0 Å². The van der Waals surface area contributed by atoms with Gasteiger partial charge in [-0.3, -0.25) is 4.79 Å². The molecule has 104 valence electrons. The highest BCUT2D eigenvalue weighted by molar-refractivity contribution is 5.73. The average molecular weight is 262 g/mol. The molecule has 1 atom stereocenters. The Morgan fingerprint density at radius 3 is 2.53 bits per heavy atom. The van der Waals surface area contributed by atoms with Crippen LogP contribution in [0.5, 0.6) is 0 Å². The summed E-state index contributed by atoms with van der Waals surface area (Å²) >= 11 is 0. The van der Waals surface area contributed by atoms with Gasteiger partial charge in [0.1, 0.15) is 6.04 Å². The van der Waals surface area contributed by atoms with Crippen LogP contribution >= 0.6 is 0 Å². The SMILES string of the molecule is NC1(CN[C@@H](Cc2ccccc2)C(=O)O)CCCC1. The van der Waals surface area contributed by atoms with Crippen molar-refractivity contribution in [2.24, 2.45) is 5.73 Å². The molecule has 0 unspecified atom stereocenters. The molecule has 0 aliphatic heterocycles. The Labute approximate surface area is 114 Å². The summed E-state index contributed by atoms with van der Waals surface area (Å²) in [7, 11) is 0. The molecule has 0 saturated heterocycles. The van der Waals surface area contributed by atoms with E-state index in [1.54, 1.807) is 0 Å². The maximum atomic E-state index is 11.3. The van der Waals surface area contributed by atoms with Crippen LogP contribution in [0.2, 0.25) is 0 Å². The van der Waals surface area contributed by atoms with Gasteiger partial charge >= 0.3 is 5.97 Å². The minimum Gasteiger partial charge on any atom is -0.480 e. The molecular formula is C15H22N2O2. The van der Waals surface area contributed by atoms with Gasteiger partial charge in [-0.25, -0.2) is 0 Å². The molecule has 0 amide bonds. The largest absolute Gasteiger partial charge is 0.480 e. The molecule has 4 heteroatoms. The lowest BCUT2D eigenvalue weighted by Gasteiger charge is -2.26. The lowest BCUT2D eigenvalue weighted by Crippen LogP contribution is -2.51. The molecule has 1 aliphatic carbocycles. The van der Waals surface area contributed by atoms with Crippen molar-refractivity contribution in [1.29, 1.82) is 0 Å². The van der Waals surface area contributed by atoms with Crippen molar-refractivity contribution < 1.29 is 9.90 Å². The van der Waals surface area contributed by atoms with Crippen LogP contribution in [-0.2, 0) is 11.2 Å². The van der Waals surface area contributed by atoms with Crippen LogP contribution in [0.3, 0.4) is 0 Å². The highest BCUT2D eigenvalue weighted by atomic mass is 16.4. The number of hydrogen-bond donors (Lipinski definition) is 3. The maximum Gasteiger partial charge on any atom is 0.321 e. The van der Waals surface area contributed by atoms with E-state index in [9.17, 15) is 9.90 Å². The highest BCUT2D eigenvalue weighted by Gasteiger charge is 2.30. The van der Waals surface area contributed by atoms with E-state index in [2.05, 4.69) is 5.32 Å². The van der Waals surface area contributed by atoms with Gasteiger partial charge in [0.2, 0.25) is 0 Å². The summed E-state index contributed by atoms with van der Waals surface area (Å²) in [6.07, 6.45) is 4.75. The molecule has 0 aromatic heterocycles. The molecule has 1 aromatic carbocycles. The van der Waals surface area contributed by atoms with Gasteiger partial charge in [-0.05, 0) is 24.8 Å². The van der Waals surface area contributed by atoms with Crippen LogP contribution < -0.4 is 11.1 Å². The lowest BCUT2D eigenvalue weighted by molar-refractivity contribution is -0.139. The van der Waals surface area contributed by atoms with Gasteiger partial charge in [-0.15, -0.1) is 0 Å². The van der Waals surface area contributed by atoms with Crippen LogP contribution in [0.1, 0.15) is 31.2 Å². The summed E-state index contributed by atoms with van der Waals surface area (Å²) in [5.41, 5.74) is 7.06. The summed E-state index contributed by atoms with van der Waals surface area (Å²) < 4.78 is 0. The van der Waals surface area contributed by atoms with Gasteiger partial charge in [0.15, 0.2) is 0 Å². The molecule has 0 bridgehead atoms. The molecule has 4 nitrogen and oxygen atoms in total. The van der Waals surface area contributed by atoms with E-state index in [0.717, 1.165) is 31.2 Å². The van der Waals surface area contributed by atoms with E-state index in [4.69, 9.17) is 5.73 Å². The normalized spacial score (nSPS) is 19.2. The van der Waals surface area contributed by atoms with E-state index in [1.165, 1.54) is 0 Å². The monoisotopic (exact) mass is 262 g/mol. The number of aliphatic carboxylic acids is 1. The van der Waals surface area contributed by atoms with E-state index < -0.39 is 12.0 Å². The summed E-state index contributed by atoms with van der Waals surface area (Å²) in [6.45, 7) is 0.580. The molecule has 4 N–H and O–H groups in total. The lowest BCUT2D eigenvalue weighted by atomic mass is 9.98. The third kappa shape index (κ3) is 4.04. The molecular weight excluding hydrogens is 240 g/mol. The first-order valence-electron chi connectivity index (χ1n) is 6.88. The number of nitrogens with two attached hydrogens (primary N) is 1. The first-order chi connectivity index (χ1) is 9.09. The number of carboxylic acids is 1. The van der Waals surface area contributed by atoms with Crippen molar-refractivity contribution in [3.05, 3.63) is 35.9 Å². The minimum absolute atomic E-state index is 0.218. The van der Waals surface area contributed by atoms with E-state index in [0.29, 0.717) is 13.0 Å². The predicted octanol–water partition coefficient (Wildman–Crippen LogP) is 1.54. The third-order valence-electron chi connectivity index (χ3n) is 3.88. The van der Waals surface area contributed by atoms with Gasteiger partial charge in [-0.1, -0.05) is 43.2 Å². The zero-order valence-corrected chi connectivity index (χ0v) is 11.1. The molecule has 1 fully saturated rings. The Hall–Kier alpha value is -1.39. The molecule has 1 saturated carbocycles. The van der Waals surface area contributed by atoms with Crippen molar-refractivity contribution in [1.82, 2.24) is 5.32 Å². The van der Waals surface area contributed by atoms with E-state index in [-0.39, 0.29) is 5.54 Å². The Kier molecular flexibility index (Phi) is 4.56. The van der Waals surface area contributed by atoms with Gasteiger partial charge in [0.05, 0.1) is 0 Å². The standard InChI is InChI=1S/C15H22N2O2/c16-15(8-4-5-9-15)11-17-13(14(18)19)10-12-6-2-1-3-7-12/h1-3,6-7,13,17H,4-5,8-11,16H2,(H,18,19)/t13-/m0/s1. The molecule has 2 rings (SSSR count). The minimum atomic E-state index is -0.814. The Morgan fingerprint density at radius 1 is 1.32 bits per heavy atom. The number of carbonyl (C=O) groups is 1. The van der Waals surface area contributed by atoms with E-state index >= 15 is 0 Å². The van der Waals surface area contributed by atoms with Crippen LogP contribution in [0, 0.1) is 0 Å². The molecule has 0 radical (unpaired) electrons. The van der Waals surface area contributed by atoms with Crippen molar-refractivity contribution in [2.45, 2.75) is 43.7 Å². The van der Waals surface area contributed by atoms with Crippen LogP contribution in [0.4, 0.5) is 0 Å². The Morgan fingerprint density at radius 2 is 1.95 bits per heavy atom. The van der Waals surface area contributed by atoms with Crippen molar-refractivity contribution in [3.63, 3.8) is 0 Å². The zero-order valence-electron chi connectivity index (χ0n) is 11.1.